The van der Waals surface area contributed by atoms with Crippen LogP contribution in [0.1, 0.15) is 41.0 Å². The van der Waals surface area contributed by atoms with Crippen molar-refractivity contribution in [3.05, 3.63) is 70.8 Å². The minimum Gasteiger partial charge on any atom is -0.284 e. The second-order valence-electron chi connectivity index (χ2n) is 6.97. The Labute approximate surface area is 142 Å². The lowest BCUT2D eigenvalue weighted by Crippen LogP contribution is -2.42. The lowest BCUT2D eigenvalue weighted by molar-refractivity contribution is -0.125. The molecule has 0 spiro atoms. The third kappa shape index (κ3) is 2.09. The summed E-state index contributed by atoms with van der Waals surface area (Å²) in [6.07, 6.45) is 0. The first-order valence-corrected chi connectivity index (χ1v) is 8.40. The van der Waals surface area contributed by atoms with Gasteiger partial charge in [-0.2, -0.15) is 0 Å². The van der Waals surface area contributed by atoms with Crippen LogP contribution in [0, 0.1) is 11.8 Å². The Bertz CT molecular complexity index is 780. The first-order valence-electron chi connectivity index (χ1n) is 8.40. The molecule has 4 nitrogen and oxygen atoms in total. The summed E-state index contributed by atoms with van der Waals surface area (Å²) in [6, 6.07) is 17.1. The molecule has 2 aromatic carbocycles. The van der Waals surface area contributed by atoms with Crippen molar-refractivity contribution in [1.82, 2.24) is 5.01 Å². The van der Waals surface area contributed by atoms with Gasteiger partial charge in [0.15, 0.2) is 0 Å². The zero-order chi connectivity index (χ0) is 16.8. The van der Waals surface area contributed by atoms with E-state index >= 15 is 0 Å². The van der Waals surface area contributed by atoms with Crippen LogP contribution in [0.2, 0.25) is 0 Å². The van der Waals surface area contributed by atoms with Crippen molar-refractivity contribution in [2.75, 3.05) is 14.1 Å². The monoisotopic (exact) mass is 319 g/mol. The maximum Gasteiger partial charge on any atom is 0.270 e. The zero-order valence-electron chi connectivity index (χ0n) is 14.2. The summed E-state index contributed by atoms with van der Waals surface area (Å²) in [4.78, 5) is 12.8. The lowest BCUT2D eigenvalue weighted by atomic mass is 9.54. The van der Waals surface area contributed by atoms with Crippen LogP contribution < -0.4 is 0 Å². The highest BCUT2D eigenvalue weighted by atomic mass is 16.2. The quantitative estimate of drug-likeness (QED) is 0.621. The Morgan fingerprint density at radius 2 is 1.33 bits per heavy atom. The van der Waals surface area contributed by atoms with Crippen molar-refractivity contribution >= 4 is 5.91 Å². The van der Waals surface area contributed by atoms with E-state index < -0.39 is 0 Å². The van der Waals surface area contributed by atoms with Crippen molar-refractivity contribution in [3.8, 4) is 0 Å². The Morgan fingerprint density at radius 1 is 0.875 bits per heavy atom. The molecule has 0 saturated heterocycles. The highest BCUT2D eigenvalue weighted by molar-refractivity contribution is 5.83. The van der Waals surface area contributed by atoms with Crippen molar-refractivity contribution < 1.29 is 4.79 Å². The van der Waals surface area contributed by atoms with Crippen LogP contribution in [-0.2, 0) is 4.79 Å². The number of fused-ring (bicyclic) bond motifs is 1. The van der Waals surface area contributed by atoms with E-state index in [1.165, 1.54) is 22.3 Å². The molecule has 0 saturated carbocycles. The standard InChI is InChI=1S/C20H21N3O/c1-12-17-13-8-4-6-10-15(13)19(16-11-7-5-9-14(16)17)18(12)20(24)21-22-23(2)3/h4-12,17-19H,1-3H3. The lowest BCUT2D eigenvalue weighted by Gasteiger charge is -2.48. The molecule has 0 radical (unpaired) electrons. The van der Waals surface area contributed by atoms with Crippen LogP contribution in [0.4, 0.5) is 0 Å². The number of amides is 1. The van der Waals surface area contributed by atoms with Gasteiger partial charge in [-0.25, -0.2) is 0 Å². The number of hydrogen-bond acceptors (Lipinski definition) is 2. The molecule has 0 aliphatic heterocycles. The van der Waals surface area contributed by atoms with Gasteiger partial charge in [-0.05, 0) is 28.2 Å². The highest BCUT2D eigenvalue weighted by Gasteiger charge is 2.50. The van der Waals surface area contributed by atoms with Gasteiger partial charge in [-0.15, -0.1) is 0 Å². The number of rotatable bonds is 2. The fourth-order valence-corrected chi connectivity index (χ4v) is 4.52. The summed E-state index contributed by atoms with van der Waals surface area (Å²) < 4.78 is 0. The summed E-state index contributed by atoms with van der Waals surface area (Å²) in [7, 11) is 3.55. The molecule has 0 heterocycles. The minimum atomic E-state index is -0.150. The molecule has 0 N–H and O–H groups in total. The maximum absolute atomic E-state index is 12.8. The average Bonchev–Trinajstić information content (AvgIpc) is 2.59. The van der Waals surface area contributed by atoms with E-state index in [1.54, 1.807) is 19.1 Å². The van der Waals surface area contributed by atoms with Crippen molar-refractivity contribution in [2.45, 2.75) is 18.8 Å². The molecular formula is C20H21N3O. The second-order valence-corrected chi connectivity index (χ2v) is 6.97. The molecule has 2 aromatic rings. The van der Waals surface area contributed by atoms with E-state index in [9.17, 15) is 4.79 Å². The summed E-state index contributed by atoms with van der Waals surface area (Å²) in [5.74, 6) is 0.282. The average molecular weight is 319 g/mol. The van der Waals surface area contributed by atoms with Gasteiger partial charge in [0, 0.05) is 25.9 Å². The van der Waals surface area contributed by atoms with Gasteiger partial charge in [0.2, 0.25) is 0 Å². The summed E-state index contributed by atoms with van der Waals surface area (Å²) in [6.45, 7) is 2.18. The Kier molecular flexibility index (Phi) is 3.48. The number of nitrogens with zero attached hydrogens (tertiary/aromatic N) is 3. The second kappa shape index (κ2) is 5.55. The molecule has 1 amide bonds. The summed E-state index contributed by atoms with van der Waals surface area (Å²) in [5, 5.41) is 9.47. The topological polar surface area (TPSA) is 45.0 Å². The van der Waals surface area contributed by atoms with E-state index in [2.05, 4.69) is 65.8 Å². The normalized spacial score (nSPS) is 27.0. The fourth-order valence-electron chi connectivity index (χ4n) is 4.52. The van der Waals surface area contributed by atoms with E-state index in [-0.39, 0.29) is 29.6 Å². The molecule has 4 heteroatoms. The molecule has 0 fully saturated rings. The predicted octanol–water partition coefficient (Wildman–Crippen LogP) is 3.99. The van der Waals surface area contributed by atoms with E-state index in [0.29, 0.717) is 0 Å². The third-order valence-corrected chi connectivity index (χ3v) is 5.39. The smallest absolute Gasteiger partial charge is 0.270 e. The fraction of sp³-hybridized carbons (Fsp3) is 0.350. The van der Waals surface area contributed by atoms with E-state index in [0.717, 1.165) is 0 Å². The molecule has 3 aliphatic carbocycles. The third-order valence-electron chi connectivity index (χ3n) is 5.39. The van der Waals surface area contributed by atoms with Crippen LogP contribution in [0.3, 0.4) is 0 Å². The van der Waals surface area contributed by atoms with Crippen molar-refractivity contribution in [2.24, 2.45) is 22.2 Å². The largest absolute Gasteiger partial charge is 0.284 e. The summed E-state index contributed by atoms with van der Waals surface area (Å²) >= 11 is 0. The molecule has 2 bridgehead atoms. The van der Waals surface area contributed by atoms with E-state index in [4.69, 9.17) is 0 Å². The van der Waals surface area contributed by atoms with Gasteiger partial charge in [-0.3, -0.25) is 9.80 Å². The SMILES string of the molecule is CC1C2c3ccccc3C(c3ccccc32)C1C(=O)N=NN(C)C. The molecule has 3 aliphatic rings. The zero-order valence-corrected chi connectivity index (χ0v) is 14.2. The Hall–Kier alpha value is -2.49. The van der Waals surface area contributed by atoms with Crippen LogP contribution in [0.25, 0.3) is 0 Å². The first-order chi connectivity index (χ1) is 11.6. The number of benzene rings is 2. The number of carbonyl (C=O) groups excluding carboxylic acids is 1. The van der Waals surface area contributed by atoms with Crippen LogP contribution in [-0.4, -0.2) is 25.0 Å². The van der Waals surface area contributed by atoms with Gasteiger partial charge in [0.05, 0.1) is 5.92 Å². The summed E-state index contributed by atoms with van der Waals surface area (Å²) in [5.41, 5.74) is 5.28. The highest BCUT2D eigenvalue weighted by Crippen LogP contribution is 2.58. The van der Waals surface area contributed by atoms with Crippen LogP contribution in [0.15, 0.2) is 58.9 Å². The Morgan fingerprint density at radius 3 is 1.79 bits per heavy atom. The molecular weight excluding hydrogens is 298 g/mol. The number of carbonyl (C=O) groups is 1. The molecule has 5 rings (SSSR count). The maximum atomic E-state index is 12.8. The van der Waals surface area contributed by atoms with Crippen molar-refractivity contribution in [3.63, 3.8) is 0 Å². The first kappa shape index (κ1) is 15.1. The molecule has 0 aromatic heterocycles. The molecule has 122 valence electrons. The van der Waals surface area contributed by atoms with Crippen LogP contribution >= 0.6 is 0 Å². The Balaban J connectivity index is 1.87. The number of hydrogen-bond donors (Lipinski definition) is 0. The molecule has 24 heavy (non-hydrogen) atoms. The van der Waals surface area contributed by atoms with E-state index in [1.807, 2.05) is 0 Å². The van der Waals surface area contributed by atoms with Crippen molar-refractivity contribution in [1.29, 1.82) is 0 Å². The van der Waals surface area contributed by atoms with Gasteiger partial charge in [-0.1, -0.05) is 65.8 Å². The molecule has 2 unspecified atom stereocenters. The predicted molar refractivity (Wildman–Crippen MR) is 92.8 cm³/mol. The van der Waals surface area contributed by atoms with Crippen LogP contribution in [0.5, 0.6) is 0 Å². The van der Waals surface area contributed by atoms with Gasteiger partial charge in [0.25, 0.3) is 5.91 Å². The molecule has 2 atom stereocenters. The van der Waals surface area contributed by atoms with Gasteiger partial charge in [0.1, 0.15) is 0 Å². The van der Waals surface area contributed by atoms with Gasteiger partial charge < -0.3 is 0 Å². The van der Waals surface area contributed by atoms with Gasteiger partial charge >= 0.3 is 0 Å². The minimum absolute atomic E-state index is 0.0750.